The van der Waals surface area contributed by atoms with E-state index in [1.807, 2.05) is 16.8 Å². The summed E-state index contributed by atoms with van der Waals surface area (Å²) >= 11 is 6.03. The maximum absolute atomic E-state index is 13.1. The summed E-state index contributed by atoms with van der Waals surface area (Å²) < 4.78 is 20.8. The molecule has 0 aliphatic carbocycles. The number of halogens is 2. The third-order valence-electron chi connectivity index (χ3n) is 4.71. The minimum atomic E-state index is -0.412. The molecule has 1 unspecified atom stereocenters. The van der Waals surface area contributed by atoms with Crippen molar-refractivity contribution in [1.29, 1.82) is 0 Å². The van der Waals surface area contributed by atoms with Crippen LogP contribution in [0.1, 0.15) is 41.4 Å². The molecule has 4 nitrogen and oxygen atoms in total. The summed E-state index contributed by atoms with van der Waals surface area (Å²) in [6.07, 6.45) is 5.00. The minimum Gasteiger partial charge on any atom is -0.356 e. The molecule has 1 aliphatic heterocycles. The molecule has 0 amide bonds. The second kappa shape index (κ2) is 7.17. The molecule has 1 aromatic heterocycles. The number of rotatable bonds is 4. The Hall–Kier alpha value is -2.24. The lowest BCUT2D eigenvalue weighted by Gasteiger charge is -2.23. The van der Waals surface area contributed by atoms with Crippen LogP contribution in [-0.2, 0) is 11.2 Å². The summed E-state index contributed by atoms with van der Waals surface area (Å²) in [7, 11) is 0. The van der Waals surface area contributed by atoms with Crippen LogP contribution >= 0.6 is 11.6 Å². The molecule has 1 aliphatic rings. The van der Waals surface area contributed by atoms with E-state index in [0.717, 1.165) is 36.8 Å². The van der Waals surface area contributed by atoms with Gasteiger partial charge >= 0.3 is 0 Å². The highest BCUT2D eigenvalue weighted by Crippen LogP contribution is 2.27. The highest BCUT2D eigenvalue weighted by Gasteiger charge is 2.19. The van der Waals surface area contributed by atoms with Crippen LogP contribution in [0.2, 0.25) is 5.02 Å². The SMILES string of the molecule is O=C(Cc1ccc(F)cc1Cl)c1ccc2c(cnn2C2CCCCO2)c1. The molecule has 0 bridgehead atoms. The van der Waals surface area contributed by atoms with E-state index in [2.05, 4.69) is 5.10 Å². The largest absolute Gasteiger partial charge is 0.356 e. The van der Waals surface area contributed by atoms with Gasteiger partial charge in [0, 0.05) is 29.0 Å². The average molecular weight is 373 g/mol. The quantitative estimate of drug-likeness (QED) is 0.608. The number of benzene rings is 2. The fourth-order valence-corrected chi connectivity index (χ4v) is 3.55. The number of ether oxygens (including phenoxy) is 1. The molecule has 4 rings (SSSR count). The lowest BCUT2D eigenvalue weighted by molar-refractivity contribution is -0.0366. The zero-order valence-electron chi connectivity index (χ0n) is 14.1. The Morgan fingerprint density at radius 3 is 2.92 bits per heavy atom. The predicted molar refractivity (Wildman–Crippen MR) is 98.0 cm³/mol. The van der Waals surface area contributed by atoms with Gasteiger partial charge in [-0.1, -0.05) is 17.7 Å². The Labute approximate surface area is 155 Å². The first-order valence-corrected chi connectivity index (χ1v) is 9.05. The van der Waals surface area contributed by atoms with Crippen molar-refractivity contribution in [2.75, 3.05) is 6.61 Å². The molecule has 134 valence electrons. The maximum atomic E-state index is 13.1. The van der Waals surface area contributed by atoms with E-state index in [0.29, 0.717) is 11.1 Å². The predicted octanol–water partition coefficient (Wildman–Crippen LogP) is 4.95. The van der Waals surface area contributed by atoms with Gasteiger partial charge in [-0.25, -0.2) is 9.07 Å². The van der Waals surface area contributed by atoms with E-state index in [1.54, 1.807) is 18.3 Å². The summed E-state index contributed by atoms with van der Waals surface area (Å²) in [4.78, 5) is 12.6. The van der Waals surface area contributed by atoms with Gasteiger partial charge in [0.05, 0.1) is 11.7 Å². The average Bonchev–Trinajstić information content (AvgIpc) is 3.08. The van der Waals surface area contributed by atoms with E-state index in [9.17, 15) is 9.18 Å². The molecule has 2 heterocycles. The molecule has 1 fully saturated rings. The first-order chi connectivity index (χ1) is 12.6. The molecule has 1 saturated heterocycles. The molecule has 26 heavy (non-hydrogen) atoms. The summed E-state index contributed by atoms with van der Waals surface area (Å²) in [5, 5.41) is 5.61. The Morgan fingerprint density at radius 1 is 1.27 bits per heavy atom. The molecule has 0 spiro atoms. The first kappa shape index (κ1) is 17.2. The van der Waals surface area contributed by atoms with Gasteiger partial charge in [0.2, 0.25) is 0 Å². The second-order valence-electron chi connectivity index (χ2n) is 6.52. The van der Waals surface area contributed by atoms with Crippen molar-refractivity contribution in [2.24, 2.45) is 0 Å². The van der Waals surface area contributed by atoms with Crippen molar-refractivity contribution in [3.8, 4) is 0 Å². The van der Waals surface area contributed by atoms with Crippen molar-refractivity contribution in [3.05, 3.63) is 64.6 Å². The molecule has 0 N–H and O–H groups in total. The Morgan fingerprint density at radius 2 is 2.15 bits per heavy atom. The number of hydrogen-bond acceptors (Lipinski definition) is 3. The zero-order chi connectivity index (χ0) is 18.1. The number of hydrogen-bond donors (Lipinski definition) is 0. The van der Waals surface area contributed by atoms with Gasteiger partial charge in [0.15, 0.2) is 12.0 Å². The molecule has 2 aromatic carbocycles. The van der Waals surface area contributed by atoms with Gasteiger partial charge < -0.3 is 4.74 Å². The highest BCUT2D eigenvalue weighted by atomic mass is 35.5. The van der Waals surface area contributed by atoms with Crippen LogP contribution in [0.25, 0.3) is 10.9 Å². The number of nitrogens with zero attached hydrogens (tertiary/aromatic N) is 2. The third-order valence-corrected chi connectivity index (χ3v) is 5.06. The smallest absolute Gasteiger partial charge is 0.167 e. The fraction of sp³-hybridized carbons (Fsp3) is 0.300. The summed E-state index contributed by atoms with van der Waals surface area (Å²) in [6, 6.07) is 9.62. The Bertz CT molecular complexity index is 964. The highest BCUT2D eigenvalue weighted by molar-refractivity contribution is 6.31. The zero-order valence-corrected chi connectivity index (χ0v) is 14.9. The third kappa shape index (κ3) is 3.37. The maximum Gasteiger partial charge on any atom is 0.167 e. The summed E-state index contributed by atoms with van der Waals surface area (Å²) in [5.41, 5.74) is 2.15. The summed E-state index contributed by atoms with van der Waals surface area (Å²) in [6.45, 7) is 0.751. The van der Waals surface area contributed by atoms with Crippen LogP contribution in [0, 0.1) is 5.82 Å². The Balaban J connectivity index is 1.58. The van der Waals surface area contributed by atoms with Crippen LogP contribution in [0.5, 0.6) is 0 Å². The van der Waals surface area contributed by atoms with Gasteiger partial charge in [-0.3, -0.25) is 4.79 Å². The topological polar surface area (TPSA) is 44.1 Å². The molecular weight excluding hydrogens is 355 g/mol. The number of Topliss-reactive ketones (excluding diaryl/α,β-unsaturated/α-hetero) is 1. The molecule has 0 saturated carbocycles. The number of aromatic nitrogens is 2. The first-order valence-electron chi connectivity index (χ1n) is 8.68. The van der Waals surface area contributed by atoms with E-state index in [-0.39, 0.29) is 23.5 Å². The van der Waals surface area contributed by atoms with Crippen molar-refractivity contribution in [2.45, 2.75) is 31.9 Å². The molecule has 1 atom stereocenters. The van der Waals surface area contributed by atoms with E-state index in [4.69, 9.17) is 16.3 Å². The van der Waals surface area contributed by atoms with Crippen LogP contribution in [-0.4, -0.2) is 22.2 Å². The van der Waals surface area contributed by atoms with Gasteiger partial charge in [-0.15, -0.1) is 0 Å². The normalized spacial score (nSPS) is 17.5. The van der Waals surface area contributed by atoms with E-state index < -0.39 is 5.82 Å². The monoisotopic (exact) mass is 372 g/mol. The van der Waals surface area contributed by atoms with Crippen LogP contribution in [0.15, 0.2) is 42.6 Å². The van der Waals surface area contributed by atoms with Crippen molar-refractivity contribution < 1.29 is 13.9 Å². The van der Waals surface area contributed by atoms with E-state index in [1.165, 1.54) is 12.1 Å². The van der Waals surface area contributed by atoms with Crippen LogP contribution < -0.4 is 0 Å². The minimum absolute atomic E-state index is 0.0409. The Kier molecular flexibility index (Phi) is 4.74. The molecule has 0 radical (unpaired) electrons. The number of fused-ring (bicyclic) bond motifs is 1. The standard InChI is InChI=1S/C20H18ClFN2O2/c21-17-11-16(22)6-4-13(17)10-19(25)14-5-7-18-15(9-14)12-23-24(18)20-3-1-2-8-26-20/h4-7,9,11-12,20H,1-3,8,10H2. The van der Waals surface area contributed by atoms with Gasteiger partial charge in [-0.2, -0.15) is 5.10 Å². The lowest BCUT2D eigenvalue weighted by Crippen LogP contribution is -2.18. The van der Waals surface area contributed by atoms with Crippen molar-refractivity contribution in [1.82, 2.24) is 9.78 Å². The second-order valence-corrected chi connectivity index (χ2v) is 6.93. The summed E-state index contributed by atoms with van der Waals surface area (Å²) in [5.74, 6) is -0.480. The number of ketones is 1. The number of carbonyl (C=O) groups is 1. The number of carbonyl (C=O) groups excluding carboxylic acids is 1. The molecule has 3 aromatic rings. The van der Waals surface area contributed by atoms with Crippen LogP contribution in [0.3, 0.4) is 0 Å². The van der Waals surface area contributed by atoms with Gasteiger partial charge in [0.1, 0.15) is 5.82 Å². The van der Waals surface area contributed by atoms with Crippen LogP contribution in [0.4, 0.5) is 4.39 Å². The van der Waals surface area contributed by atoms with E-state index >= 15 is 0 Å². The van der Waals surface area contributed by atoms with Crippen molar-refractivity contribution >= 4 is 28.3 Å². The molecular formula is C20H18ClFN2O2. The van der Waals surface area contributed by atoms with Crippen molar-refractivity contribution in [3.63, 3.8) is 0 Å². The lowest BCUT2D eigenvalue weighted by atomic mass is 10.0. The van der Waals surface area contributed by atoms with Gasteiger partial charge in [0.25, 0.3) is 0 Å². The fourth-order valence-electron chi connectivity index (χ4n) is 3.31. The van der Waals surface area contributed by atoms with Gasteiger partial charge in [-0.05, 0) is 55.2 Å². The molecule has 6 heteroatoms.